The summed E-state index contributed by atoms with van der Waals surface area (Å²) >= 11 is 0. The second kappa shape index (κ2) is 6.66. The van der Waals surface area contributed by atoms with Crippen LogP contribution in [-0.4, -0.2) is 30.7 Å². The topological polar surface area (TPSA) is 35.5 Å². The van der Waals surface area contributed by atoms with Gasteiger partial charge in [0.25, 0.3) is 0 Å². The molecule has 0 bridgehead atoms. The van der Waals surface area contributed by atoms with E-state index in [1.165, 1.54) is 0 Å². The van der Waals surface area contributed by atoms with E-state index in [9.17, 15) is 4.79 Å². The van der Waals surface area contributed by atoms with Crippen LogP contribution in [0.25, 0.3) is 0 Å². The highest BCUT2D eigenvalue weighted by Gasteiger charge is 2.16. The Balaban J connectivity index is 2.33. The Morgan fingerprint density at radius 2 is 1.78 bits per heavy atom. The quantitative estimate of drug-likeness (QED) is 0.575. The summed E-state index contributed by atoms with van der Waals surface area (Å²) in [6.45, 7) is 8.67. The van der Waals surface area contributed by atoms with Gasteiger partial charge in [0, 0.05) is 5.56 Å². The number of rotatable bonds is 6. The molecule has 0 N–H and O–H groups in total. The second-order valence-corrected chi connectivity index (χ2v) is 5.20. The van der Waals surface area contributed by atoms with Gasteiger partial charge in [-0.1, -0.05) is 30.3 Å². The minimum atomic E-state index is -0.434. The first kappa shape index (κ1) is 14.9. The summed E-state index contributed by atoms with van der Waals surface area (Å²) in [5.74, 6) is 0.00589. The molecule has 1 unspecified atom stereocenters. The zero-order valence-electron chi connectivity index (χ0n) is 11.6. The van der Waals surface area contributed by atoms with Gasteiger partial charge in [0.15, 0.2) is 5.78 Å². The highest BCUT2D eigenvalue weighted by Crippen LogP contribution is 2.08. The molecule has 100 valence electrons. The van der Waals surface area contributed by atoms with Crippen molar-refractivity contribution in [1.82, 2.24) is 0 Å². The van der Waals surface area contributed by atoms with Crippen molar-refractivity contribution in [1.29, 1.82) is 0 Å². The fraction of sp³-hybridized carbons (Fsp3) is 0.533. The van der Waals surface area contributed by atoms with Crippen molar-refractivity contribution in [2.45, 2.75) is 39.4 Å². The minimum absolute atomic E-state index is 0.00589. The number of ether oxygens (including phenoxy) is 2. The number of ketones is 1. The lowest BCUT2D eigenvalue weighted by Gasteiger charge is -2.20. The van der Waals surface area contributed by atoms with Crippen LogP contribution < -0.4 is 0 Å². The maximum Gasteiger partial charge on any atom is 0.191 e. The van der Waals surface area contributed by atoms with E-state index in [4.69, 9.17) is 9.47 Å². The Kier molecular flexibility index (Phi) is 5.51. The summed E-state index contributed by atoms with van der Waals surface area (Å²) in [7, 11) is 0. The minimum Gasteiger partial charge on any atom is -0.373 e. The summed E-state index contributed by atoms with van der Waals surface area (Å²) in [6.07, 6.45) is -0.434. The lowest BCUT2D eigenvalue weighted by atomic mass is 10.1. The lowest BCUT2D eigenvalue weighted by molar-refractivity contribution is -0.0436. The van der Waals surface area contributed by atoms with Crippen LogP contribution in [0.3, 0.4) is 0 Å². The predicted molar refractivity (Wildman–Crippen MR) is 71.9 cm³/mol. The molecule has 1 atom stereocenters. The van der Waals surface area contributed by atoms with Crippen LogP contribution in [0.4, 0.5) is 0 Å². The first-order chi connectivity index (χ1) is 8.40. The van der Waals surface area contributed by atoms with E-state index >= 15 is 0 Å². The first-order valence-electron chi connectivity index (χ1n) is 6.25. The van der Waals surface area contributed by atoms with E-state index in [0.717, 1.165) is 0 Å². The van der Waals surface area contributed by atoms with Crippen LogP contribution in [0.5, 0.6) is 0 Å². The third-order valence-electron chi connectivity index (χ3n) is 2.41. The van der Waals surface area contributed by atoms with Gasteiger partial charge in [-0.3, -0.25) is 4.79 Å². The van der Waals surface area contributed by atoms with Gasteiger partial charge in [-0.15, -0.1) is 0 Å². The number of benzene rings is 1. The zero-order chi connectivity index (χ0) is 13.6. The van der Waals surface area contributed by atoms with Gasteiger partial charge >= 0.3 is 0 Å². The zero-order valence-corrected chi connectivity index (χ0v) is 11.6. The van der Waals surface area contributed by atoms with E-state index in [-0.39, 0.29) is 11.4 Å². The Morgan fingerprint density at radius 3 is 2.33 bits per heavy atom. The standard InChI is InChI=1S/C15H22O3/c1-12(17-10-11-18-15(2,3)4)14(16)13-8-6-5-7-9-13/h5-9,12H,10-11H2,1-4H3. The van der Waals surface area contributed by atoms with Crippen molar-refractivity contribution in [3.63, 3.8) is 0 Å². The molecule has 1 aromatic carbocycles. The number of carbonyl (C=O) groups is 1. The molecule has 0 aliphatic rings. The molecule has 0 heterocycles. The summed E-state index contributed by atoms with van der Waals surface area (Å²) in [6, 6.07) is 9.19. The molecule has 0 aromatic heterocycles. The highest BCUT2D eigenvalue weighted by atomic mass is 16.5. The Morgan fingerprint density at radius 1 is 1.17 bits per heavy atom. The van der Waals surface area contributed by atoms with Gasteiger partial charge in [-0.2, -0.15) is 0 Å². The normalized spacial score (nSPS) is 13.3. The fourth-order valence-electron chi connectivity index (χ4n) is 1.49. The van der Waals surface area contributed by atoms with Gasteiger partial charge in [-0.25, -0.2) is 0 Å². The SMILES string of the molecule is CC(OCCOC(C)(C)C)C(=O)c1ccccc1. The molecule has 0 saturated heterocycles. The molecule has 1 rings (SSSR count). The molecule has 3 heteroatoms. The molecule has 0 spiro atoms. The Labute approximate surface area is 109 Å². The molecule has 0 aliphatic heterocycles. The van der Waals surface area contributed by atoms with E-state index < -0.39 is 6.10 Å². The summed E-state index contributed by atoms with van der Waals surface area (Å²) in [4.78, 5) is 12.0. The summed E-state index contributed by atoms with van der Waals surface area (Å²) in [5.41, 5.74) is 0.512. The monoisotopic (exact) mass is 250 g/mol. The number of Topliss-reactive ketones (excluding diaryl/α,β-unsaturated/α-hetero) is 1. The molecule has 18 heavy (non-hydrogen) atoms. The van der Waals surface area contributed by atoms with Gasteiger partial charge in [0.05, 0.1) is 18.8 Å². The second-order valence-electron chi connectivity index (χ2n) is 5.20. The van der Waals surface area contributed by atoms with Gasteiger partial charge in [-0.05, 0) is 27.7 Å². The third kappa shape index (κ3) is 5.43. The van der Waals surface area contributed by atoms with E-state index in [0.29, 0.717) is 18.8 Å². The van der Waals surface area contributed by atoms with Gasteiger partial charge in [0.1, 0.15) is 6.10 Å². The average Bonchev–Trinajstić information content (AvgIpc) is 2.33. The van der Waals surface area contributed by atoms with Crippen molar-refractivity contribution in [3.8, 4) is 0 Å². The molecule has 0 saturated carbocycles. The maximum atomic E-state index is 12.0. The molecule has 1 aromatic rings. The van der Waals surface area contributed by atoms with Crippen LogP contribution in [0, 0.1) is 0 Å². The molecular formula is C15H22O3. The third-order valence-corrected chi connectivity index (χ3v) is 2.41. The first-order valence-corrected chi connectivity index (χ1v) is 6.25. The predicted octanol–water partition coefficient (Wildman–Crippen LogP) is 3.09. The largest absolute Gasteiger partial charge is 0.373 e. The smallest absolute Gasteiger partial charge is 0.191 e. The fourth-order valence-corrected chi connectivity index (χ4v) is 1.49. The van der Waals surface area contributed by atoms with Gasteiger partial charge in [0.2, 0.25) is 0 Å². The Hall–Kier alpha value is -1.19. The van der Waals surface area contributed by atoms with Crippen LogP contribution in [0.2, 0.25) is 0 Å². The molecule has 0 radical (unpaired) electrons. The van der Waals surface area contributed by atoms with Crippen molar-refractivity contribution in [3.05, 3.63) is 35.9 Å². The molecule has 0 fully saturated rings. The lowest BCUT2D eigenvalue weighted by Crippen LogP contribution is -2.26. The van der Waals surface area contributed by atoms with Crippen molar-refractivity contribution >= 4 is 5.78 Å². The molecule has 0 aliphatic carbocycles. The summed E-state index contributed by atoms with van der Waals surface area (Å²) in [5, 5.41) is 0. The highest BCUT2D eigenvalue weighted by molar-refractivity contribution is 5.99. The number of hydrogen-bond donors (Lipinski definition) is 0. The molecule has 3 nitrogen and oxygen atoms in total. The number of hydrogen-bond acceptors (Lipinski definition) is 3. The van der Waals surface area contributed by atoms with E-state index in [1.54, 1.807) is 19.1 Å². The summed E-state index contributed by atoms with van der Waals surface area (Å²) < 4.78 is 11.0. The van der Waals surface area contributed by atoms with Crippen LogP contribution >= 0.6 is 0 Å². The van der Waals surface area contributed by atoms with E-state index in [1.807, 2.05) is 39.0 Å². The van der Waals surface area contributed by atoms with Crippen LogP contribution in [-0.2, 0) is 9.47 Å². The van der Waals surface area contributed by atoms with Crippen molar-refractivity contribution in [2.75, 3.05) is 13.2 Å². The van der Waals surface area contributed by atoms with Crippen molar-refractivity contribution in [2.24, 2.45) is 0 Å². The van der Waals surface area contributed by atoms with Crippen LogP contribution in [0.1, 0.15) is 38.1 Å². The van der Waals surface area contributed by atoms with E-state index in [2.05, 4.69) is 0 Å². The molecular weight excluding hydrogens is 228 g/mol. The van der Waals surface area contributed by atoms with Gasteiger partial charge < -0.3 is 9.47 Å². The van der Waals surface area contributed by atoms with Crippen molar-refractivity contribution < 1.29 is 14.3 Å². The number of carbonyl (C=O) groups excluding carboxylic acids is 1. The molecule has 0 amide bonds. The average molecular weight is 250 g/mol. The maximum absolute atomic E-state index is 12.0. The Bertz CT molecular complexity index is 365. The van der Waals surface area contributed by atoms with Crippen LogP contribution in [0.15, 0.2) is 30.3 Å².